The maximum atomic E-state index is 12.1. The van der Waals surface area contributed by atoms with Crippen LogP contribution in [0.15, 0.2) is 24.3 Å². The molecule has 0 aromatic heterocycles. The van der Waals surface area contributed by atoms with Crippen LogP contribution < -0.4 is 0 Å². The Kier molecular flexibility index (Phi) is 5.37. The van der Waals surface area contributed by atoms with Gasteiger partial charge in [0.2, 0.25) is 0 Å². The Balaban J connectivity index is 1.97. The molecule has 1 aliphatic heterocycles. The number of hydrogen-bond donors (Lipinski definition) is 1. The van der Waals surface area contributed by atoms with Crippen molar-refractivity contribution < 1.29 is 14.7 Å². The first-order valence-electron chi connectivity index (χ1n) is 6.38. The second-order valence-electron chi connectivity index (χ2n) is 4.57. The van der Waals surface area contributed by atoms with E-state index in [9.17, 15) is 9.59 Å². The van der Waals surface area contributed by atoms with Crippen molar-refractivity contribution in [1.82, 2.24) is 4.90 Å². The maximum Gasteiger partial charge on any atom is 0.305 e. The smallest absolute Gasteiger partial charge is 0.305 e. The zero-order valence-electron chi connectivity index (χ0n) is 11.2. The molecule has 0 bridgehead atoms. The highest BCUT2D eigenvalue weighted by atomic mass is 32.2. The molecule has 1 aliphatic rings. The molecular weight excluding hydrogens is 294 g/mol. The number of hydrogen-bond acceptors (Lipinski definition) is 4. The first kappa shape index (κ1) is 15.3. The van der Waals surface area contributed by atoms with Gasteiger partial charge in [0, 0.05) is 30.7 Å². The molecule has 1 N–H and O–H groups in total. The SMILES string of the molecule is CN(CCC(=O)O)C(=O)c1ccc(C2SCCS2)cc1. The van der Waals surface area contributed by atoms with E-state index in [0.29, 0.717) is 10.1 Å². The molecule has 0 saturated carbocycles. The number of nitrogens with zero attached hydrogens (tertiary/aromatic N) is 1. The number of rotatable bonds is 5. The Hall–Kier alpha value is -1.14. The van der Waals surface area contributed by atoms with Crippen molar-refractivity contribution in [3.63, 3.8) is 0 Å². The predicted molar refractivity (Wildman–Crippen MR) is 83.3 cm³/mol. The van der Waals surface area contributed by atoms with Crippen LogP contribution in [-0.2, 0) is 4.79 Å². The number of amides is 1. The molecule has 4 nitrogen and oxygen atoms in total. The molecule has 0 spiro atoms. The summed E-state index contributed by atoms with van der Waals surface area (Å²) in [4.78, 5) is 24.1. The van der Waals surface area contributed by atoms with Crippen molar-refractivity contribution >= 4 is 35.4 Å². The van der Waals surface area contributed by atoms with Crippen molar-refractivity contribution in [3.05, 3.63) is 35.4 Å². The third-order valence-corrected chi connectivity index (χ3v) is 6.16. The lowest BCUT2D eigenvalue weighted by Crippen LogP contribution is -2.29. The summed E-state index contributed by atoms with van der Waals surface area (Å²) in [5, 5.41) is 8.63. The summed E-state index contributed by atoms with van der Waals surface area (Å²) in [6.07, 6.45) is -0.0321. The van der Waals surface area contributed by atoms with Gasteiger partial charge < -0.3 is 10.0 Å². The average molecular weight is 311 g/mol. The molecule has 20 heavy (non-hydrogen) atoms. The quantitative estimate of drug-likeness (QED) is 0.906. The molecule has 1 saturated heterocycles. The van der Waals surface area contributed by atoms with E-state index in [1.165, 1.54) is 22.0 Å². The normalized spacial score (nSPS) is 15.2. The standard InChI is InChI=1S/C14H17NO3S2/c1-15(7-6-12(16)17)13(18)10-2-4-11(5-3-10)14-19-8-9-20-14/h2-5,14H,6-9H2,1H3,(H,16,17). The zero-order valence-corrected chi connectivity index (χ0v) is 12.9. The van der Waals surface area contributed by atoms with E-state index in [2.05, 4.69) is 0 Å². The van der Waals surface area contributed by atoms with Gasteiger partial charge in [-0.3, -0.25) is 9.59 Å². The Labute approximate surface area is 126 Å². The van der Waals surface area contributed by atoms with E-state index in [1.54, 1.807) is 7.05 Å². The highest BCUT2D eigenvalue weighted by Gasteiger charge is 2.19. The number of benzene rings is 1. The van der Waals surface area contributed by atoms with Gasteiger partial charge in [0.1, 0.15) is 0 Å². The van der Waals surface area contributed by atoms with Gasteiger partial charge in [-0.25, -0.2) is 0 Å². The number of thioether (sulfide) groups is 2. The largest absolute Gasteiger partial charge is 0.481 e. The topological polar surface area (TPSA) is 57.6 Å². The molecular formula is C14H17NO3S2. The lowest BCUT2D eigenvalue weighted by Gasteiger charge is -2.16. The second-order valence-corrected chi connectivity index (χ2v) is 7.29. The van der Waals surface area contributed by atoms with E-state index in [4.69, 9.17) is 5.11 Å². The van der Waals surface area contributed by atoms with E-state index >= 15 is 0 Å². The lowest BCUT2D eigenvalue weighted by atomic mass is 10.1. The minimum Gasteiger partial charge on any atom is -0.481 e. The fourth-order valence-electron chi connectivity index (χ4n) is 1.92. The molecule has 0 unspecified atom stereocenters. The zero-order chi connectivity index (χ0) is 14.5. The van der Waals surface area contributed by atoms with Crippen LogP contribution in [0.2, 0.25) is 0 Å². The molecule has 6 heteroatoms. The lowest BCUT2D eigenvalue weighted by molar-refractivity contribution is -0.137. The highest BCUT2D eigenvalue weighted by Crippen LogP contribution is 2.45. The Morgan fingerprint density at radius 2 is 1.85 bits per heavy atom. The van der Waals surface area contributed by atoms with Crippen molar-refractivity contribution in [2.24, 2.45) is 0 Å². The summed E-state index contributed by atoms with van der Waals surface area (Å²) < 4.78 is 0.476. The fraction of sp³-hybridized carbons (Fsp3) is 0.429. The van der Waals surface area contributed by atoms with Crippen LogP contribution in [0, 0.1) is 0 Å². The number of carbonyl (C=O) groups excluding carboxylic acids is 1. The van der Waals surface area contributed by atoms with E-state index < -0.39 is 5.97 Å². The third-order valence-electron chi connectivity index (χ3n) is 3.06. The van der Waals surface area contributed by atoms with Gasteiger partial charge in [0.05, 0.1) is 11.0 Å². The molecule has 108 valence electrons. The van der Waals surface area contributed by atoms with Gasteiger partial charge in [0.15, 0.2) is 0 Å². The van der Waals surface area contributed by atoms with Crippen molar-refractivity contribution in [1.29, 1.82) is 0 Å². The van der Waals surface area contributed by atoms with Crippen LogP contribution in [0.1, 0.15) is 26.9 Å². The summed E-state index contributed by atoms with van der Waals surface area (Å²) in [6, 6.07) is 7.64. The molecule has 0 aliphatic carbocycles. The highest BCUT2D eigenvalue weighted by molar-refractivity contribution is 8.19. The van der Waals surface area contributed by atoms with Crippen molar-refractivity contribution in [3.8, 4) is 0 Å². The monoisotopic (exact) mass is 311 g/mol. The Morgan fingerprint density at radius 3 is 2.40 bits per heavy atom. The minimum absolute atomic E-state index is 0.0321. The molecule has 1 aromatic carbocycles. The van der Waals surface area contributed by atoms with E-state index in [1.807, 2.05) is 47.8 Å². The minimum atomic E-state index is -0.893. The maximum absolute atomic E-state index is 12.1. The summed E-state index contributed by atoms with van der Waals surface area (Å²) in [7, 11) is 1.63. The summed E-state index contributed by atoms with van der Waals surface area (Å²) in [6.45, 7) is 0.226. The van der Waals surface area contributed by atoms with Crippen molar-refractivity contribution in [2.75, 3.05) is 25.1 Å². The van der Waals surface area contributed by atoms with Crippen LogP contribution in [0.5, 0.6) is 0 Å². The van der Waals surface area contributed by atoms with Crippen molar-refractivity contribution in [2.45, 2.75) is 11.0 Å². The van der Waals surface area contributed by atoms with Gasteiger partial charge >= 0.3 is 5.97 Å². The van der Waals surface area contributed by atoms with Gasteiger partial charge in [-0.05, 0) is 17.7 Å². The third kappa shape index (κ3) is 3.93. The average Bonchev–Trinajstić information content (AvgIpc) is 2.98. The van der Waals surface area contributed by atoms with Gasteiger partial charge in [-0.1, -0.05) is 12.1 Å². The van der Waals surface area contributed by atoms with Crippen LogP contribution >= 0.6 is 23.5 Å². The predicted octanol–water partition coefficient (Wildman–Crippen LogP) is 2.71. The molecule has 1 heterocycles. The first-order chi connectivity index (χ1) is 9.58. The Morgan fingerprint density at radius 1 is 1.25 bits per heavy atom. The summed E-state index contributed by atoms with van der Waals surface area (Å²) in [5.74, 6) is 1.32. The summed E-state index contributed by atoms with van der Waals surface area (Å²) >= 11 is 3.86. The molecule has 1 amide bonds. The Bertz CT molecular complexity index is 484. The number of carbonyl (C=O) groups is 2. The summed E-state index contributed by atoms with van der Waals surface area (Å²) in [5.41, 5.74) is 1.84. The van der Waals surface area contributed by atoms with Gasteiger partial charge in [-0.2, -0.15) is 0 Å². The molecule has 2 rings (SSSR count). The van der Waals surface area contributed by atoms with Gasteiger partial charge in [-0.15, -0.1) is 23.5 Å². The first-order valence-corrected chi connectivity index (χ1v) is 8.48. The van der Waals surface area contributed by atoms with Gasteiger partial charge in [0.25, 0.3) is 5.91 Å². The molecule has 1 fully saturated rings. The van der Waals surface area contributed by atoms with E-state index in [-0.39, 0.29) is 18.9 Å². The number of aliphatic carboxylic acids is 1. The van der Waals surface area contributed by atoms with Crippen LogP contribution in [0.4, 0.5) is 0 Å². The second kappa shape index (κ2) is 7.04. The number of carboxylic acid groups (broad SMARTS) is 1. The fourth-order valence-corrected chi connectivity index (χ4v) is 4.78. The molecule has 0 atom stereocenters. The molecule has 0 radical (unpaired) electrons. The van der Waals surface area contributed by atoms with Crippen LogP contribution in [0.25, 0.3) is 0 Å². The van der Waals surface area contributed by atoms with Crippen LogP contribution in [0.3, 0.4) is 0 Å². The molecule has 1 aromatic rings. The van der Waals surface area contributed by atoms with Crippen LogP contribution in [-0.4, -0.2) is 47.0 Å². The number of carboxylic acids is 1. The van der Waals surface area contributed by atoms with E-state index in [0.717, 1.165) is 0 Å².